The van der Waals surface area contributed by atoms with Gasteiger partial charge >= 0.3 is 0 Å². The second kappa shape index (κ2) is 8.81. The van der Waals surface area contributed by atoms with Crippen LogP contribution in [-0.4, -0.2) is 84.4 Å². The van der Waals surface area contributed by atoms with Gasteiger partial charge in [0, 0.05) is 43.5 Å². The molecule has 8 nitrogen and oxygen atoms in total. The van der Waals surface area contributed by atoms with Crippen LogP contribution in [0.3, 0.4) is 0 Å². The van der Waals surface area contributed by atoms with Gasteiger partial charge in [-0.3, -0.25) is 14.5 Å². The van der Waals surface area contributed by atoms with E-state index in [1.165, 1.54) is 24.8 Å². The van der Waals surface area contributed by atoms with Gasteiger partial charge in [0.2, 0.25) is 5.91 Å². The number of ketones is 1. The van der Waals surface area contributed by atoms with Crippen LogP contribution in [0, 0.1) is 18.3 Å². The van der Waals surface area contributed by atoms with Crippen LogP contribution in [-0.2, 0) is 14.6 Å². The van der Waals surface area contributed by atoms with Crippen molar-refractivity contribution in [3.63, 3.8) is 0 Å². The first-order valence-corrected chi connectivity index (χ1v) is 12.3. The molecule has 3 rings (SSSR count). The highest BCUT2D eigenvalue weighted by Gasteiger charge is 2.34. The fraction of sp³-hybridized carbons (Fsp3) is 0.579. The average molecular weight is 437 g/mol. The first-order chi connectivity index (χ1) is 13.7. The molecule has 0 spiro atoms. The number of nitrogens with zero attached hydrogens (tertiary/aromatic N) is 4. The number of carbonyl (C=O) groups is 2. The fourth-order valence-electron chi connectivity index (χ4n) is 3.75. The van der Waals surface area contributed by atoms with E-state index in [0.29, 0.717) is 54.4 Å². The summed E-state index contributed by atoms with van der Waals surface area (Å²) in [5.41, 5.74) is 1.26. The molecule has 2 saturated heterocycles. The maximum atomic E-state index is 12.6. The molecule has 2 aliphatic rings. The van der Waals surface area contributed by atoms with Crippen molar-refractivity contribution in [3.05, 3.63) is 22.9 Å². The molecule has 0 bridgehead atoms. The van der Waals surface area contributed by atoms with Gasteiger partial charge in [0.1, 0.15) is 11.1 Å². The molecule has 1 aromatic heterocycles. The third-order valence-corrected chi connectivity index (χ3v) is 8.13. The number of Topliss-reactive ketones (excluding diaryl/α,β-unsaturated/α-hetero) is 1. The standard InChI is InChI=1S/C19H24N4O4S2/c1-13-17(14(2)24)9-15(10-20)19(21-13)28-11-18(25)23-6-4-22(5-7-23)16-3-8-29(26,27)12-16/h9,16H,3-8,11-12H2,1-2H3/t16-/m0/s1. The van der Waals surface area contributed by atoms with E-state index in [1.54, 1.807) is 11.8 Å². The molecular formula is C19H24N4O4S2. The molecule has 2 fully saturated rings. The van der Waals surface area contributed by atoms with Gasteiger partial charge in [-0.25, -0.2) is 13.4 Å². The van der Waals surface area contributed by atoms with Gasteiger partial charge in [-0.1, -0.05) is 11.8 Å². The van der Waals surface area contributed by atoms with Gasteiger partial charge in [0.25, 0.3) is 0 Å². The quantitative estimate of drug-likeness (QED) is 0.494. The molecule has 0 N–H and O–H groups in total. The van der Waals surface area contributed by atoms with E-state index in [9.17, 15) is 23.3 Å². The zero-order chi connectivity index (χ0) is 21.2. The number of amides is 1. The predicted octanol–water partition coefficient (Wildman–Crippen LogP) is 0.888. The fourth-order valence-corrected chi connectivity index (χ4v) is 6.42. The molecule has 0 saturated carbocycles. The van der Waals surface area contributed by atoms with Crippen molar-refractivity contribution in [1.82, 2.24) is 14.8 Å². The monoisotopic (exact) mass is 436 g/mol. The number of nitriles is 1. The smallest absolute Gasteiger partial charge is 0.233 e. The molecular weight excluding hydrogens is 412 g/mol. The van der Waals surface area contributed by atoms with E-state index in [1.807, 2.05) is 6.07 Å². The van der Waals surface area contributed by atoms with Crippen LogP contribution in [0.25, 0.3) is 0 Å². The lowest BCUT2D eigenvalue weighted by Crippen LogP contribution is -2.52. The SMILES string of the molecule is CC(=O)c1cc(C#N)c(SCC(=O)N2CCN([C@H]3CCS(=O)(=O)C3)CC2)nc1C. The highest BCUT2D eigenvalue weighted by atomic mass is 32.2. The number of rotatable bonds is 5. The Kier molecular flexibility index (Phi) is 6.61. The number of sulfone groups is 1. The second-order valence-electron chi connectivity index (χ2n) is 7.40. The minimum absolute atomic E-state index is 0.0346. The number of thioether (sulfide) groups is 1. The molecule has 10 heteroatoms. The molecule has 0 aliphatic carbocycles. The van der Waals surface area contributed by atoms with Gasteiger partial charge in [0.15, 0.2) is 15.6 Å². The third kappa shape index (κ3) is 5.15. The van der Waals surface area contributed by atoms with Crippen LogP contribution in [0.2, 0.25) is 0 Å². The highest BCUT2D eigenvalue weighted by molar-refractivity contribution is 8.00. The highest BCUT2D eigenvalue weighted by Crippen LogP contribution is 2.24. The zero-order valence-corrected chi connectivity index (χ0v) is 18.2. The van der Waals surface area contributed by atoms with Crippen molar-refractivity contribution >= 4 is 33.3 Å². The van der Waals surface area contributed by atoms with E-state index in [2.05, 4.69) is 9.88 Å². The first-order valence-electron chi connectivity index (χ1n) is 9.48. The number of piperazine rings is 1. The molecule has 1 aromatic rings. The topological polar surface area (TPSA) is 111 Å². The number of carbonyl (C=O) groups excluding carboxylic acids is 2. The molecule has 2 aliphatic heterocycles. The van der Waals surface area contributed by atoms with Crippen molar-refractivity contribution in [3.8, 4) is 6.07 Å². The van der Waals surface area contributed by atoms with Crippen LogP contribution >= 0.6 is 11.8 Å². The summed E-state index contributed by atoms with van der Waals surface area (Å²) >= 11 is 1.20. The van der Waals surface area contributed by atoms with Crippen molar-refractivity contribution < 1.29 is 18.0 Å². The Labute approximate surface area is 175 Å². The largest absolute Gasteiger partial charge is 0.339 e. The summed E-state index contributed by atoms with van der Waals surface area (Å²) in [5, 5.41) is 9.80. The number of hydrogen-bond acceptors (Lipinski definition) is 8. The Bertz CT molecular complexity index is 963. The molecule has 156 valence electrons. The lowest BCUT2D eigenvalue weighted by atomic mass is 10.1. The number of hydrogen-bond donors (Lipinski definition) is 0. The summed E-state index contributed by atoms with van der Waals surface area (Å²) < 4.78 is 23.3. The van der Waals surface area contributed by atoms with Crippen molar-refractivity contribution in [2.45, 2.75) is 31.3 Å². The Morgan fingerprint density at radius 2 is 2.00 bits per heavy atom. The second-order valence-corrected chi connectivity index (χ2v) is 10.6. The summed E-state index contributed by atoms with van der Waals surface area (Å²) in [6, 6.07) is 3.65. The van der Waals surface area contributed by atoms with E-state index in [-0.39, 0.29) is 35.0 Å². The minimum atomic E-state index is -2.91. The van der Waals surface area contributed by atoms with E-state index in [0.717, 1.165) is 0 Å². The number of pyridine rings is 1. The summed E-state index contributed by atoms with van der Waals surface area (Å²) in [6.07, 6.45) is 0.671. The van der Waals surface area contributed by atoms with E-state index < -0.39 is 9.84 Å². The Morgan fingerprint density at radius 1 is 1.31 bits per heavy atom. The predicted molar refractivity (Wildman–Crippen MR) is 110 cm³/mol. The van der Waals surface area contributed by atoms with E-state index >= 15 is 0 Å². The summed E-state index contributed by atoms with van der Waals surface area (Å²) in [4.78, 5) is 32.5. The average Bonchev–Trinajstić information content (AvgIpc) is 3.05. The third-order valence-electron chi connectivity index (χ3n) is 5.40. The van der Waals surface area contributed by atoms with Crippen LogP contribution in [0.15, 0.2) is 11.1 Å². The molecule has 0 aromatic carbocycles. The molecule has 0 unspecified atom stereocenters. The normalized spacial score (nSPS) is 21.7. The molecule has 29 heavy (non-hydrogen) atoms. The maximum Gasteiger partial charge on any atom is 0.233 e. The maximum absolute atomic E-state index is 12.6. The van der Waals surface area contributed by atoms with Gasteiger partial charge in [0.05, 0.1) is 22.8 Å². The van der Waals surface area contributed by atoms with Crippen molar-refractivity contribution in [1.29, 1.82) is 5.26 Å². The van der Waals surface area contributed by atoms with Gasteiger partial charge in [-0.2, -0.15) is 5.26 Å². The molecule has 1 atom stereocenters. The Morgan fingerprint density at radius 3 is 2.55 bits per heavy atom. The zero-order valence-electron chi connectivity index (χ0n) is 16.5. The number of aryl methyl sites for hydroxylation is 1. The lowest BCUT2D eigenvalue weighted by molar-refractivity contribution is -0.130. The van der Waals surface area contributed by atoms with Crippen LogP contribution in [0.1, 0.15) is 35.0 Å². The molecule has 1 amide bonds. The van der Waals surface area contributed by atoms with Gasteiger partial charge < -0.3 is 4.90 Å². The first kappa shape index (κ1) is 21.7. The summed E-state index contributed by atoms with van der Waals surface area (Å²) in [5.74, 6) is 0.455. The van der Waals surface area contributed by atoms with Crippen molar-refractivity contribution in [2.24, 2.45) is 0 Å². The number of aromatic nitrogens is 1. The Hall–Kier alpha value is -1.96. The Balaban J connectivity index is 1.55. The molecule has 3 heterocycles. The van der Waals surface area contributed by atoms with Gasteiger partial charge in [-0.15, -0.1) is 0 Å². The lowest BCUT2D eigenvalue weighted by Gasteiger charge is -2.37. The minimum Gasteiger partial charge on any atom is -0.339 e. The van der Waals surface area contributed by atoms with E-state index in [4.69, 9.17) is 0 Å². The molecule has 0 radical (unpaired) electrons. The summed E-state index contributed by atoms with van der Waals surface area (Å²) in [7, 11) is -2.91. The van der Waals surface area contributed by atoms with Crippen molar-refractivity contribution in [2.75, 3.05) is 43.4 Å². The van der Waals surface area contributed by atoms with Crippen LogP contribution < -0.4 is 0 Å². The van der Waals surface area contributed by atoms with Gasteiger partial charge in [-0.05, 0) is 26.3 Å². The summed E-state index contributed by atoms with van der Waals surface area (Å²) in [6.45, 7) is 5.62. The van der Waals surface area contributed by atoms with Crippen LogP contribution in [0.5, 0.6) is 0 Å². The van der Waals surface area contributed by atoms with Crippen LogP contribution in [0.4, 0.5) is 0 Å².